The molecule has 122 valence electrons. The van der Waals surface area contributed by atoms with Gasteiger partial charge in [-0.05, 0) is 49.2 Å². The lowest BCUT2D eigenvalue weighted by atomic mass is 10.1. The number of nitrogens with one attached hydrogen (secondary N) is 1. The molecule has 0 amide bonds. The monoisotopic (exact) mass is 330 g/mol. The largest absolute Gasteiger partial charge is 0.302 e. The highest BCUT2D eigenvalue weighted by Gasteiger charge is 2.15. The highest BCUT2D eigenvalue weighted by Crippen LogP contribution is 2.20. The highest BCUT2D eigenvalue weighted by molar-refractivity contribution is 7.89. The van der Waals surface area contributed by atoms with Crippen molar-refractivity contribution in [3.05, 3.63) is 54.6 Å². The van der Waals surface area contributed by atoms with Crippen LogP contribution in [-0.4, -0.2) is 39.5 Å². The van der Waals surface area contributed by atoms with Crippen LogP contribution in [0.2, 0.25) is 0 Å². The molecule has 0 spiro atoms. The molecule has 1 aliphatic rings. The zero-order valence-corrected chi connectivity index (χ0v) is 13.9. The Bertz CT molecular complexity index is 721. The van der Waals surface area contributed by atoms with Gasteiger partial charge in [-0.25, -0.2) is 13.1 Å². The Morgan fingerprint density at radius 3 is 2.13 bits per heavy atom. The van der Waals surface area contributed by atoms with E-state index in [1.54, 1.807) is 12.1 Å². The third-order valence-corrected chi connectivity index (χ3v) is 5.67. The predicted molar refractivity (Wildman–Crippen MR) is 92.7 cm³/mol. The molecule has 1 saturated heterocycles. The molecule has 0 aromatic heterocycles. The molecule has 1 fully saturated rings. The second kappa shape index (κ2) is 7.25. The van der Waals surface area contributed by atoms with Crippen LogP contribution < -0.4 is 4.72 Å². The molecule has 0 atom stereocenters. The van der Waals surface area contributed by atoms with Gasteiger partial charge in [0.05, 0.1) is 4.90 Å². The Balaban J connectivity index is 1.63. The molecule has 0 unspecified atom stereocenters. The van der Waals surface area contributed by atoms with E-state index in [1.165, 1.54) is 12.8 Å². The Hall–Kier alpha value is -1.69. The first kappa shape index (κ1) is 16.2. The van der Waals surface area contributed by atoms with Gasteiger partial charge in [0.25, 0.3) is 0 Å². The summed E-state index contributed by atoms with van der Waals surface area (Å²) >= 11 is 0. The van der Waals surface area contributed by atoms with Crippen molar-refractivity contribution in [2.24, 2.45) is 0 Å². The van der Waals surface area contributed by atoms with Gasteiger partial charge >= 0.3 is 0 Å². The lowest BCUT2D eigenvalue weighted by molar-refractivity contribution is 0.344. The average molecular weight is 330 g/mol. The van der Waals surface area contributed by atoms with E-state index in [4.69, 9.17) is 0 Å². The number of rotatable bonds is 6. The second-order valence-electron chi connectivity index (χ2n) is 5.84. The van der Waals surface area contributed by atoms with Crippen molar-refractivity contribution >= 4 is 10.0 Å². The molecule has 0 saturated carbocycles. The maximum Gasteiger partial charge on any atom is 0.240 e. The van der Waals surface area contributed by atoms with Crippen molar-refractivity contribution in [2.45, 2.75) is 17.7 Å². The van der Waals surface area contributed by atoms with Crippen LogP contribution in [0.4, 0.5) is 0 Å². The molecule has 23 heavy (non-hydrogen) atoms. The molecule has 3 rings (SSSR count). The number of benzene rings is 2. The molecule has 0 aliphatic carbocycles. The van der Waals surface area contributed by atoms with Crippen LogP contribution in [0, 0.1) is 0 Å². The quantitative estimate of drug-likeness (QED) is 0.886. The number of nitrogens with zero attached hydrogens (tertiary/aromatic N) is 1. The lowest BCUT2D eigenvalue weighted by Crippen LogP contribution is -2.33. The van der Waals surface area contributed by atoms with Crippen molar-refractivity contribution in [1.29, 1.82) is 0 Å². The summed E-state index contributed by atoms with van der Waals surface area (Å²) in [5.41, 5.74) is 2.10. The minimum Gasteiger partial charge on any atom is -0.302 e. The van der Waals surface area contributed by atoms with Crippen LogP contribution >= 0.6 is 0 Å². The maximum absolute atomic E-state index is 12.3. The molecule has 2 aromatic rings. The third kappa shape index (κ3) is 4.19. The zero-order valence-electron chi connectivity index (χ0n) is 13.1. The van der Waals surface area contributed by atoms with Crippen LogP contribution in [-0.2, 0) is 10.0 Å². The van der Waals surface area contributed by atoms with E-state index in [0.717, 1.165) is 30.8 Å². The van der Waals surface area contributed by atoms with Crippen LogP contribution in [0.1, 0.15) is 12.8 Å². The van der Waals surface area contributed by atoms with Crippen molar-refractivity contribution < 1.29 is 8.42 Å². The Kier molecular flexibility index (Phi) is 5.10. The van der Waals surface area contributed by atoms with Gasteiger partial charge in [0.2, 0.25) is 10.0 Å². The minimum atomic E-state index is -3.43. The second-order valence-corrected chi connectivity index (χ2v) is 7.60. The third-order valence-electron chi connectivity index (χ3n) is 4.19. The fourth-order valence-electron chi connectivity index (χ4n) is 2.88. The van der Waals surface area contributed by atoms with Gasteiger partial charge in [-0.2, -0.15) is 0 Å². The first-order valence-corrected chi connectivity index (χ1v) is 9.51. The molecular weight excluding hydrogens is 308 g/mol. The molecule has 0 radical (unpaired) electrons. The first-order valence-electron chi connectivity index (χ1n) is 8.03. The molecule has 5 heteroatoms. The van der Waals surface area contributed by atoms with Crippen LogP contribution in [0.5, 0.6) is 0 Å². The highest BCUT2D eigenvalue weighted by atomic mass is 32.2. The van der Waals surface area contributed by atoms with E-state index in [-0.39, 0.29) is 0 Å². The molecule has 1 aliphatic heterocycles. The van der Waals surface area contributed by atoms with E-state index >= 15 is 0 Å². The normalized spacial score (nSPS) is 15.8. The summed E-state index contributed by atoms with van der Waals surface area (Å²) in [6.07, 6.45) is 2.43. The van der Waals surface area contributed by atoms with Crippen molar-refractivity contribution in [1.82, 2.24) is 9.62 Å². The Morgan fingerprint density at radius 2 is 1.48 bits per heavy atom. The average Bonchev–Trinajstić information content (AvgIpc) is 3.09. The number of hydrogen-bond donors (Lipinski definition) is 1. The topological polar surface area (TPSA) is 49.4 Å². The van der Waals surface area contributed by atoms with Crippen LogP contribution in [0.25, 0.3) is 11.1 Å². The molecule has 1 N–H and O–H groups in total. The predicted octanol–water partition coefficient (Wildman–Crippen LogP) is 2.73. The Morgan fingerprint density at radius 1 is 0.870 bits per heavy atom. The molecule has 2 aromatic carbocycles. The molecule has 4 nitrogen and oxygen atoms in total. The summed E-state index contributed by atoms with van der Waals surface area (Å²) in [5, 5.41) is 0. The standard InChI is InChI=1S/C18H22N2O2S/c21-23(22,19-12-15-20-13-4-5-14-20)18-10-8-17(9-11-18)16-6-2-1-3-7-16/h1-3,6-11,19H,4-5,12-15H2. The van der Waals surface area contributed by atoms with Gasteiger partial charge in [0, 0.05) is 13.1 Å². The summed E-state index contributed by atoms with van der Waals surface area (Å²) in [5.74, 6) is 0. The zero-order chi connectivity index (χ0) is 16.1. The number of likely N-dealkylation sites (tertiary alicyclic amines) is 1. The smallest absolute Gasteiger partial charge is 0.240 e. The Labute approximate surface area is 138 Å². The molecule has 0 bridgehead atoms. The number of sulfonamides is 1. The van der Waals surface area contributed by atoms with Gasteiger partial charge in [0.15, 0.2) is 0 Å². The van der Waals surface area contributed by atoms with Gasteiger partial charge in [-0.15, -0.1) is 0 Å². The fourth-order valence-corrected chi connectivity index (χ4v) is 3.91. The summed E-state index contributed by atoms with van der Waals surface area (Å²) in [6, 6.07) is 17.0. The van der Waals surface area contributed by atoms with Crippen molar-refractivity contribution in [3.63, 3.8) is 0 Å². The van der Waals surface area contributed by atoms with Crippen LogP contribution in [0.3, 0.4) is 0 Å². The summed E-state index contributed by atoms with van der Waals surface area (Å²) < 4.78 is 27.3. The molecule has 1 heterocycles. The molecular formula is C18H22N2O2S. The minimum absolute atomic E-state index is 0.318. The van der Waals surface area contributed by atoms with E-state index in [9.17, 15) is 8.42 Å². The summed E-state index contributed by atoms with van der Waals surface area (Å²) in [7, 11) is -3.43. The van der Waals surface area contributed by atoms with Gasteiger partial charge < -0.3 is 4.90 Å². The van der Waals surface area contributed by atoms with Gasteiger partial charge in [0.1, 0.15) is 0 Å². The van der Waals surface area contributed by atoms with Gasteiger partial charge in [-0.3, -0.25) is 0 Å². The SMILES string of the molecule is O=S(=O)(NCCN1CCCC1)c1ccc(-c2ccccc2)cc1. The van der Waals surface area contributed by atoms with Crippen LogP contribution in [0.15, 0.2) is 59.5 Å². The van der Waals surface area contributed by atoms with E-state index in [2.05, 4.69) is 9.62 Å². The lowest BCUT2D eigenvalue weighted by Gasteiger charge is -2.15. The summed E-state index contributed by atoms with van der Waals surface area (Å²) in [6.45, 7) is 3.39. The number of hydrogen-bond acceptors (Lipinski definition) is 3. The first-order chi connectivity index (χ1) is 11.1. The van der Waals surface area contributed by atoms with Gasteiger partial charge in [-0.1, -0.05) is 42.5 Å². The summed E-state index contributed by atoms with van der Waals surface area (Å²) in [4.78, 5) is 2.61. The van der Waals surface area contributed by atoms with E-state index in [0.29, 0.717) is 11.4 Å². The fraction of sp³-hybridized carbons (Fsp3) is 0.333. The van der Waals surface area contributed by atoms with E-state index in [1.807, 2.05) is 42.5 Å². The van der Waals surface area contributed by atoms with Crippen molar-refractivity contribution in [3.8, 4) is 11.1 Å². The van der Waals surface area contributed by atoms with Crippen molar-refractivity contribution in [2.75, 3.05) is 26.2 Å². The maximum atomic E-state index is 12.3. The van der Waals surface area contributed by atoms with E-state index < -0.39 is 10.0 Å².